The van der Waals surface area contributed by atoms with E-state index in [9.17, 15) is 0 Å². The fraction of sp³-hybridized carbons (Fsp3) is 1.00. The molecule has 0 aromatic carbocycles. The number of fused-ring (bicyclic) bond motifs is 1. The van der Waals surface area contributed by atoms with Crippen molar-refractivity contribution in [3.8, 4) is 0 Å². The third-order valence-corrected chi connectivity index (χ3v) is 4.54. The zero-order chi connectivity index (χ0) is 9.71. The zero-order valence-corrected chi connectivity index (χ0v) is 9.29. The van der Waals surface area contributed by atoms with Crippen LogP contribution in [0.5, 0.6) is 0 Å². The molecule has 3 saturated heterocycles. The number of piperidine rings is 2. The standard InChI is InChI=1S/C12H22N2/c1-7(2)3-10-8-4-9-6-14-12(10)11(9)13-5-8/h7-14H,3-6H2,1-2H3. The van der Waals surface area contributed by atoms with Crippen LogP contribution in [0.25, 0.3) is 0 Å². The molecule has 0 spiro atoms. The van der Waals surface area contributed by atoms with E-state index in [1.54, 1.807) is 0 Å². The van der Waals surface area contributed by atoms with Gasteiger partial charge >= 0.3 is 0 Å². The first kappa shape index (κ1) is 9.17. The molecule has 0 aromatic rings. The molecule has 3 heterocycles. The first-order valence-corrected chi connectivity index (χ1v) is 6.22. The summed E-state index contributed by atoms with van der Waals surface area (Å²) < 4.78 is 0. The second-order valence-electron chi connectivity index (χ2n) is 5.92. The van der Waals surface area contributed by atoms with Gasteiger partial charge in [0.25, 0.3) is 0 Å². The van der Waals surface area contributed by atoms with Crippen molar-refractivity contribution in [2.75, 3.05) is 13.1 Å². The number of nitrogens with one attached hydrogen (secondary N) is 2. The average molecular weight is 194 g/mol. The van der Waals surface area contributed by atoms with Crippen LogP contribution in [0.2, 0.25) is 0 Å². The summed E-state index contributed by atoms with van der Waals surface area (Å²) in [6.45, 7) is 7.29. The lowest BCUT2D eigenvalue weighted by Crippen LogP contribution is -2.61. The van der Waals surface area contributed by atoms with Crippen molar-refractivity contribution >= 4 is 0 Å². The third kappa shape index (κ3) is 1.24. The zero-order valence-electron chi connectivity index (χ0n) is 9.29. The van der Waals surface area contributed by atoms with Crippen LogP contribution in [-0.2, 0) is 0 Å². The van der Waals surface area contributed by atoms with E-state index in [2.05, 4.69) is 24.5 Å². The summed E-state index contributed by atoms with van der Waals surface area (Å²) in [6.07, 6.45) is 2.91. The molecular formula is C12H22N2. The van der Waals surface area contributed by atoms with E-state index in [1.807, 2.05) is 0 Å². The molecule has 4 aliphatic rings. The largest absolute Gasteiger partial charge is 0.312 e. The summed E-state index contributed by atoms with van der Waals surface area (Å²) in [6, 6.07) is 1.61. The Morgan fingerprint density at radius 1 is 1.07 bits per heavy atom. The van der Waals surface area contributed by atoms with Crippen molar-refractivity contribution in [1.29, 1.82) is 0 Å². The molecule has 3 aliphatic heterocycles. The Bertz CT molecular complexity index is 226. The van der Waals surface area contributed by atoms with Gasteiger partial charge in [-0.15, -0.1) is 0 Å². The molecule has 0 radical (unpaired) electrons. The molecule has 1 saturated carbocycles. The van der Waals surface area contributed by atoms with E-state index in [0.29, 0.717) is 0 Å². The number of hydrogen-bond acceptors (Lipinski definition) is 2. The highest BCUT2D eigenvalue weighted by atomic mass is 15.1. The maximum Gasteiger partial charge on any atom is 0.0264 e. The molecule has 1 aliphatic carbocycles. The molecule has 5 unspecified atom stereocenters. The molecule has 2 heteroatoms. The number of rotatable bonds is 2. The predicted octanol–water partition coefficient (Wildman–Crippen LogP) is 1.23. The van der Waals surface area contributed by atoms with Crippen molar-refractivity contribution in [1.82, 2.24) is 10.6 Å². The highest BCUT2D eigenvalue weighted by Crippen LogP contribution is 2.44. The molecule has 14 heavy (non-hydrogen) atoms. The Balaban J connectivity index is 1.79. The van der Waals surface area contributed by atoms with Gasteiger partial charge in [0.1, 0.15) is 0 Å². The van der Waals surface area contributed by atoms with Crippen LogP contribution in [0.15, 0.2) is 0 Å². The molecule has 5 atom stereocenters. The molecule has 4 fully saturated rings. The number of hydrogen-bond donors (Lipinski definition) is 2. The Kier molecular flexibility index (Phi) is 2.10. The van der Waals surface area contributed by atoms with Gasteiger partial charge in [0.15, 0.2) is 0 Å². The minimum absolute atomic E-state index is 0.801. The third-order valence-electron chi connectivity index (χ3n) is 4.54. The van der Waals surface area contributed by atoms with Crippen molar-refractivity contribution in [2.45, 2.75) is 38.8 Å². The fourth-order valence-electron chi connectivity index (χ4n) is 4.04. The second-order valence-corrected chi connectivity index (χ2v) is 5.92. The lowest BCUT2D eigenvalue weighted by Gasteiger charge is -2.48. The summed E-state index contributed by atoms with van der Waals surface area (Å²) in [7, 11) is 0. The van der Waals surface area contributed by atoms with Gasteiger partial charge in [0.2, 0.25) is 0 Å². The predicted molar refractivity (Wildman–Crippen MR) is 58.1 cm³/mol. The summed E-state index contributed by atoms with van der Waals surface area (Å²) in [5.74, 6) is 3.73. The van der Waals surface area contributed by atoms with Crippen LogP contribution in [-0.4, -0.2) is 25.2 Å². The van der Waals surface area contributed by atoms with Gasteiger partial charge in [-0.25, -0.2) is 0 Å². The van der Waals surface area contributed by atoms with Crippen LogP contribution in [0.1, 0.15) is 26.7 Å². The van der Waals surface area contributed by atoms with Gasteiger partial charge in [-0.2, -0.15) is 0 Å². The molecule has 2 nitrogen and oxygen atoms in total. The SMILES string of the molecule is CC(C)CC1C2CNC3C(CNC13)C2. The molecule has 4 rings (SSSR count). The summed E-state index contributed by atoms with van der Waals surface area (Å²) >= 11 is 0. The highest BCUT2D eigenvalue weighted by Gasteiger charge is 2.51. The van der Waals surface area contributed by atoms with Crippen LogP contribution >= 0.6 is 0 Å². The van der Waals surface area contributed by atoms with Crippen LogP contribution in [0.4, 0.5) is 0 Å². The normalized spacial score (nSPS) is 50.4. The summed E-state index contributed by atoms with van der Waals surface area (Å²) in [5, 5.41) is 7.46. The lowest BCUT2D eigenvalue weighted by atomic mass is 9.65. The Labute approximate surface area is 86.8 Å². The van der Waals surface area contributed by atoms with Gasteiger partial charge in [-0.05, 0) is 49.6 Å². The monoisotopic (exact) mass is 194 g/mol. The van der Waals surface area contributed by atoms with Crippen molar-refractivity contribution in [3.05, 3.63) is 0 Å². The lowest BCUT2D eigenvalue weighted by molar-refractivity contribution is 0.0752. The Hall–Kier alpha value is -0.0800. The minimum atomic E-state index is 0.801. The minimum Gasteiger partial charge on any atom is -0.312 e. The van der Waals surface area contributed by atoms with Crippen LogP contribution in [0, 0.1) is 23.7 Å². The Morgan fingerprint density at radius 3 is 2.57 bits per heavy atom. The van der Waals surface area contributed by atoms with Crippen LogP contribution in [0.3, 0.4) is 0 Å². The quantitative estimate of drug-likeness (QED) is 0.691. The smallest absolute Gasteiger partial charge is 0.0264 e. The first-order chi connectivity index (χ1) is 6.75. The molecule has 0 aromatic heterocycles. The van der Waals surface area contributed by atoms with Crippen LogP contribution < -0.4 is 10.6 Å². The van der Waals surface area contributed by atoms with Gasteiger partial charge in [0, 0.05) is 12.1 Å². The van der Waals surface area contributed by atoms with E-state index in [0.717, 1.165) is 35.8 Å². The molecule has 2 N–H and O–H groups in total. The fourth-order valence-corrected chi connectivity index (χ4v) is 4.04. The molecule has 4 bridgehead atoms. The van der Waals surface area contributed by atoms with Gasteiger partial charge < -0.3 is 10.6 Å². The van der Waals surface area contributed by atoms with E-state index in [1.165, 1.54) is 25.9 Å². The topological polar surface area (TPSA) is 24.1 Å². The summed E-state index contributed by atoms with van der Waals surface area (Å²) in [4.78, 5) is 0. The van der Waals surface area contributed by atoms with Crippen molar-refractivity contribution in [3.63, 3.8) is 0 Å². The Morgan fingerprint density at radius 2 is 1.79 bits per heavy atom. The molecule has 0 amide bonds. The maximum absolute atomic E-state index is 3.74. The van der Waals surface area contributed by atoms with E-state index in [-0.39, 0.29) is 0 Å². The molecule has 80 valence electrons. The van der Waals surface area contributed by atoms with Gasteiger partial charge in [0.05, 0.1) is 0 Å². The molecular weight excluding hydrogens is 172 g/mol. The van der Waals surface area contributed by atoms with Crippen molar-refractivity contribution in [2.24, 2.45) is 23.7 Å². The van der Waals surface area contributed by atoms with E-state index >= 15 is 0 Å². The summed E-state index contributed by atoms with van der Waals surface area (Å²) in [5.41, 5.74) is 0. The van der Waals surface area contributed by atoms with E-state index < -0.39 is 0 Å². The van der Waals surface area contributed by atoms with Crippen molar-refractivity contribution < 1.29 is 0 Å². The van der Waals surface area contributed by atoms with E-state index in [4.69, 9.17) is 0 Å². The van der Waals surface area contributed by atoms with Gasteiger partial charge in [-0.1, -0.05) is 13.8 Å². The highest BCUT2D eigenvalue weighted by molar-refractivity contribution is 5.09. The first-order valence-electron chi connectivity index (χ1n) is 6.22. The maximum atomic E-state index is 3.74. The average Bonchev–Trinajstić information content (AvgIpc) is 2.50. The second kappa shape index (κ2) is 3.21. The van der Waals surface area contributed by atoms with Gasteiger partial charge in [-0.3, -0.25) is 0 Å².